The molecule has 0 saturated heterocycles. The molecule has 2 aromatic rings. The predicted molar refractivity (Wildman–Crippen MR) is 83.6 cm³/mol. The second-order valence-corrected chi connectivity index (χ2v) is 5.67. The monoisotopic (exact) mass is 317 g/mol. The number of carbonyl (C=O) groups is 1. The summed E-state index contributed by atoms with van der Waals surface area (Å²) in [7, 11) is 0. The number of pyridine rings is 1. The van der Waals surface area contributed by atoms with E-state index >= 15 is 0 Å². The molecule has 0 spiro atoms. The Balaban J connectivity index is 1.71. The number of hydrogen-bond acceptors (Lipinski definition) is 3. The normalized spacial score (nSPS) is 14.7. The van der Waals surface area contributed by atoms with Crippen LogP contribution < -0.4 is 10.6 Å². The van der Waals surface area contributed by atoms with Gasteiger partial charge in [-0.3, -0.25) is 9.78 Å². The Morgan fingerprint density at radius 3 is 2.57 bits per heavy atom. The van der Waals surface area contributed by atoms with Crippen LogP contribution in [0.15, 0.2) is 36.7 Å². The summed E-state index contributed by atoms with van der Waals surface area (Å²) in [5.41, 5.74) is 1.36. The summed E-state index contributed by atoms with van der Waals surface area (Å²) in [6.45, 7) is 0. The Morgan fingerprint density at radius 1 is 1.04 bits per heavy atom. The fraction of sp³-hybridized carbons (Fsp3) is 0.294. The number of halogens is 2. The number of aromatic nitrogens is 1. The van der Waals surface area contributed by atoms with Gasteiger partial charge >= 0.3 is 0 Å². The van der Waals surface area contributed by atoms with E-state index in [1.54, 1.807) is 6.07 Å². The van der Waals surface area contributed by atoms with Crippen LogP contribution in [0.25, 0.3) is 0 Å². The molecule has 1 aliphatic rings. The van der Waals surface area contributed by atoms with E-state index in [-0.39, 0.29) is 11.9 Å². The van der Waals surface area contributed by atoms with Crippen molar-refractivity contribution in [2.24, 2.45) is 0 Å². The highest BCUT2D eigenvalue weighted by molar-refractivity contribution is 5.95. The standard InChI is InChI=1S/C17H17F2N3O/c18-15-6-5-13(8-16(15)19)21-14-7-11(9-20-10-14)17(23)22-12-3-1-2-4-12/h5-10,12,21H,1-4H2,(H,22,23). The van der Waals surface area contributed by atoms with Crippen LogP contribution in [-0.2, 0) is 0 Å². The highest BCUT2D eigenvalue weighted by Gasteiger charge is 2.18. The van der Waals surface area contributed by atoms with Crippen molar-refractivity contribution >= 4 is 17.3 Å². The Labute approximate surface area is 132 Å². The van der Waals surface area contributed by atoms with E-state index in [0.29, 0.717) is 16.9 Å². The van der Waals surface area contributed by atoms with Crippen molar-refractivity contribution in [3.63, 3.8) is 0 Å². The lowest BCUT2D eigenvalue weighted by atomic mass is 10.2. The lowest BCUT2D eigenvalue weighted by Gasteiger charge is -2.12. The van der Waals surface area contributed by atoms with Gasteiger partial charge in [0.05, 0.1) is 17.4 Å². The van der Waals surface area contributed by atoms with Gasteiger partial charge in [-0.2, -0.15) is 0 Å². The van der Waals surface area contributed by atoms with Crippen molar-refractivity contribution in [3.05, 3.63) is 53.9 Å². The quantitative estimate of drug-likeness (QED) is 0.902. The molecule has 1 aliphatic carbocycles. The fourth-order valence-electron chi connectivity index (χ4n) is 2.71. The van der Waals surface area contributed by atoms with E-state index in [1.165, 1.54) is 18.5 Å². The summed E-state index contributed by atoms with van der Waals surface area (Å²) < 4.78 is 26.2. The second-order valence-electron chi connectivity index (χ2n) is 5.67. The second kappa shape index (κ2) is 6.73. The summed E-state index contributed by atoms with van der Waals surface area (Å²) in [6.07, 6.45) is 7.30. The zero-order valence-corrected chi connectivity index (χ0v) is 12.5. The van der Waals surface area contributed by atoms with Gasteiger partial charge in [-0.05, 0) is 31.0 Å². The van der Waals surface area contributed by atoms with E-state index in [0.717, 1.165) is 37.8 Å². The minimum absolute atomic E-state index is 0.168. The third kappa shape index (κ3) is 3.83. The minimum Gasteiger partial charge on any atom is -0.354 e. The number of hydrogen-bond donors (Lipinski definition) is 2. The summed E-state index contributed by atoms with van der Waals surface area (Å²) in [4.78, 5) is 16.2. The van der Waals surface area contributed by atoms with Crippen molar-refractivity contribution in [1.82, 2.24) is 10.3 Å². The molecule has 0 bridgehead atoms. The van der Waals surface area contributed by atoms with Gasteiger partial charge in [-0.25, -0.2) is 8.78 Å². The van der Waals surface area contributed by atoms with Gasteiger partial charge in [0.1, 0.15) is 0 Å². The first-order valence-corrected chi connectivity index (χ1v) is 7.60. The average Bonchev–Trinajstić information content (AvgIpc) is 3.04. The van der Waals surface area contributed by atoms with Crippen LogP contribution in [0.5, 0.6) is 0 Å². The molecule has 1 aromatic carbocycles. The van der Waals surface area contributed by atoms with Gasteiger partial charge in [0.15, 0.2) is 11.6 Å². The van der Waals surface area contributed by atoms with Crippen LogP contribution in [0.2, 0.25) is 0 Å². The van der Waals surface area contributed by atoms with Gasteiger partial charge in [0.25, 0.3) is 5.91 Å². The Bertz CT molecular complexity index is 715. The van der Waals surface area contributed by atoms with Gasteiger partial charge in [-0.15, -0.1) is 0 Å². The van der Waals surface area contributed by atoms with Crippen molar-refractivity contribution in [2.75, 3.05) is 5.32 Å². The molecule has 3 rings (SSSR count). The van der Waals surface area contributed by atoms with E-state index in [2.05, 4.69) is 15.6 Å². The minimum atomic E-state index is -0.932. The lowest BCUT2D eigenvalue weighted by molar-refractivity contribution is 0.0937. The largest absolute Gasteiger partial charge is 0.354 e. The predicted octanol–water partition coefficient (Wildman–Crippen LogP) is 3.78. The number of nitrogens with zero attached hydrogens (tertiary/aromatic N) is 1. The van der Waals surface area contributed by atoms with Crippen LogP contribution in [0, 0.1) is 11.6 Å². The number of carbonyl (C=O) groups excluding carboxylic acids is 1. The first kappa shape index (κ1) is 15.4. The van der Waals surface area contributed by atoms with Gasteiger partial charge in [0.2, 0.25) is 0 Å². The molecule has 0 aliphatic heterocycles. The molecule has 0 atom stereocenters. The van der Waals surface area contributed by atoms with Crippen molar-refractivity contribution < 1.29 is 13.6 Å². The molecular weight excluding hydrogens is 300 g/mol. The fourth-order valence-corrected chi connectivity index (χ4v) is 2.71. The number of benzene rings is 1. The summed E-state index contributed by atoms with van der Waals surface area (Å²) in [5.74, 6) is -2.00. The third-order valence-electron chi connectivity index (χ3n) is 3.90. The molecule has 4 nitrogen and oxygen atoms in total. The van der Waals surface area contributed by atoms with Crippen molar-refractivity contribution in [1.29, 1.82) is 0 Å². The maximum Gasteiger partial charge on any atom is 0.253 e. The molecule has 1 aromatic heterocycles. The van der Waals surface area contributed by atoms with Crippen LogP contribution in [0.3, 0.4) is 0 Å². The smallest absolute Gasteiger partial charge is 0.253 e. The molecule has 0 unspecified atom stereocenters. The van der Waals surface area contributed by atoms with Crippen LogP contribution >= 0.6 is 0 Å². The zero-order chi connectivity index (χ0) is 16.2. The molecule has 1 saturated carbocycles. The molecule has 6 heteroatoms. The number of rotatable bonds is 4. The van der Waals surface area contributed by atoms with Crippen molar-refractivity contribution in [3.8, 4) is 0 Å². The van der Waals surface area contributed by atoms with Crippen LogP contribution in [0.1, 0.15) is 36.0 Å². The SMILES string of the molecule is O=C(NC1CCCC1)c1cncc(Nc2ccc(F)c(F)c2)c1. The first-order valence-electron chi connectivity index (χ1n) is 7.60. The van der Waals surface area contributed by atoms with Crippen LogP contribution in [-0.4, -0.2) is 16.9 Å². The Morgan fingerprint density at radius 2 is 1.83 bits per heavy atom. The van der Waals surface area contributed by atoms with E-state index in [1.807, 2.05) is 0 Å². The summed E-state index contributed by atoms with van der Waals surface area (Å²) in [5, 5.41) is 5.90. The molecule has 120 valence electrons. The number of amides is 1. The Hall–Kier alpha value is -2.50. The summed E-state index contributed by atoms with van der Waals surface area (Å²) >= 11 is 0. The van der Waals surface area contributed by atoms with Gasteiger partial charge < -0.3 is 10.6 Å². The highest BCUT2D eigenvalue weighted by Crippen LogP contribution is 2.20. The molecule has 1 heterocycles. The third-order valence-corrected chi connectivity index (χ3v) is 3.90. The van der Waals surface area contributed by atoms with E-state index < -0.39 is 11.6 Å². The molecular formula is C17H17F2N3O. The summed E-state index contributed by atoms with van der Waals surface area (Å²) in [6, 6.07) is 5.38. The van der Waals surface area contributed by atoms with Crippen LogP contribution in [0.4, 0.5) is 20.2 Å². The first-order chi connectivity index (χ1) is 11.1. The van der Waals surface area contributed by atoms with E-state index in [9.17, 15) is 13.6 Å². The topological polar surface area (TPSA) is 54.0 Å². The van der Waals surface area contributed by atoms with Crippen molar-refractivity contribution in [2.45, 2.75) is 31.7 Å². The number of nitrogens with one attached hydrogen (secondary N) is 2. The van der Waals surface area contributed by atoms with E-state index in [4.69, 9.17) is 0 Å². The maximum absolute atomic E-state index is 13.2. The lowest BCUT2D eigenvalue weighted by Crippen LogP contribution is -2.32. The van der Waals surface area contributed by atoms with Gasteiger partial charge in [-0.1, -0.05) is 12.8 Å². The zero-order valence-electron chi connectivity index (χ0n) is 12.5. The molecule has 23 heavy (non-hydrogen) atoms. The Kier molecular flexibility index (Phi) is 4.50. The maximum atomic E-state index is 13.2. The number of anilines is 2. The van der Waals surface area contributed by atoms with Gasteiger partial charge in [0, 0.05) is 24.0 Å². The average molecular weight is 317 g/mol. The molecule has 2 N–H and O–H groups in total. The molecule has 1 fully saturated rings. The molecule has 0 radical (unpaired) electrons. The highest BCUT2D eigenvalue weighted by atomic mass is 19.2. The molecule has 1 amide bonds.